The minimum atomic E-state index is 0.0509. The predicted molar refractivity (Wildman–Crippen MR) is 87.0 cm³/mol. The zero-order chi connectivity index (χ0) is 14.5. The van der Waals surface area contributed by atoms with Crippen LogP contribution < -0.4 is 5.32 Å². The maximum atomic E-state index is 12.0. The molecule has 1 amide bonds. The topological polar surface area (TPSA) is 29.1 Å². The third kappa shape index (κ3) is 3.94. The van der Waals surface area contributed by atoms with Crippen molar-refractivity contribution in [2.24, 2.45) is 0 Å². The predicted octanol–water partition coefficient (Wildman–Crippen LogP) is 4.64. The Hall–Kier alpha value is -1.61. The second-order valence-electron chi connectivity index (χ2n) is 4.94. The first-order valence-electron chi connectivity index (χ1n) is 6.67. The van der Waals surface area contributed by atoms with Gasteiger partial charge >= 0.3 is 0 Å². The van der Waals surface area contributed by atoms with Crippen molar-refractivity contribution in [2.75, 3.05) is 5.32 Å². The molecule has 0 aliphatic carbocycles. The Morgan fingerprint density at radius 2 is 1.85 bits per heavy atom. The Bertz CT molecular complexity index is 622. The van der Waals surface area contributed by atoms with Crippen LogP contribution in [0.25, 0.3) is 0 Å². The summed E-state index contributed by atoms with van der Waals surface area (Å²) in [4.78, 5) is 12.0. The number of halogens is 1. The van der Waals surface area contributed by atoms with Crippen molar-refractivity contribution in [3.05, 3.63) is 63.6 Å². The molecule has 0 spiro atoms. The third-order valence-electron chi connectivity index (χ3n) is 3.32. The van der Waals surface area contributed by atoms with E-state index in [9.17, 15) is 4.79 Å². The van der Waals surface area contributed by atoms with Gasteiger partial charge in [-0.05, 0) is 55.2 Å². The molecular weight excluding hydrogens is 314 g/mol. The zero-order valence-corrected chi connectivity index (χ0v) is 13.3. The monoisotopic (exact) mass is 331 g/mol. The van der Waals surface area contributed by atoms with E-state index in [1.807, 2.05) is 37.3 Å². The van der Waals surface area contributed by atoms with Crippen molar-refractivity contribution >= 4 is 27.5 Å². The van der Waals surface area contributed by atoms with Crippen LogP contribution in [-0.4, -0.2) is 5.91 Å². The normalized spacial score (nSPS) is 10.3. The molecule has 0 aliphatic rings. The van der Waals surface area contributed by atoms with E-state index in [0.29, 0.717) is 6.42 Å². The van der Waals surface area contributed by atoms with Crippen molar-refractivity contribution in [1.29, 1.82) is 0 Å². The summed E-state index contributed by atoms with van der Waals surface area (Å²) in [5, 5.41) is 2.94. The van der Waals surface area contributed by atoms with Gasteiger partial charge in [-0.15, -0.1) is 0 Å². The first-order chi connectivity index (χ1) is 9.56. The quantitative estimate of drug-likeness (QED) is 0.868. The van der Waals surface area contributed by atoms with E-state index in [1.54, 1.807) is 0 Å². The lowest BCUT2D eigenvalue weighted by molar-refractivity contribution is -0.116. The van der Waals surface area contributed by atoms with E-state index in [4.69, 9.17) is 0 Å². The molecule has 0 saturated carbocycles. The van der Waals surface area contributed by atoms with Crippen LogP contribution in [0.15, 0.2) is 46.9 Å². The van der Waals surface area contributed by atoms with Crippen molar-refractivity contribution in [2.45, 2.75) is 26.7 Å². The number of benzene rings is 2. The Kier molecular flexibility index (Phi) is 4.96. The highest BCUT2D eigenvalue weighted by Gasteiger charge is 2.05. The highest BCUT2D eigenvalue weighted by molar-refractivity contribution is 9.10. The molecule has 0 fully saturated rings. The lowest BCUT2D eigenvalue weighted by Crippen LogP contribution is -2.12. The van der Waals surface area contributed by atoms with Crippen LogP contribution in [0.4, 0.5) is 5.69 Å². The molecule has 2 nitrogen and oxygen atoms in total. The van der Waals surface area contributed by atoms with Crippen molar-refractivity contribution in [1.82, 2.24) is 0 Å². The first-order valence-corrected chi connectivity index (χ1v) is 7.46. The number of nitrogens with one attached hydrogen (secondary N) is 1. The fraction of sp³-hybridized carbons (Fsp3) is 0.235. The highest BCUT2D eigenvalue weighted by atomic mass is 79.9. The smallest absolute Gasteiger partial charge is 0.224 e. The van der Waals surface area contributed by atoms with Crippen molar-refractivity contribution in [3.63, 3.8) is 0 Å². The molecule has 2 aromatic rings. The summed E-state index contributed by atoms with van der Waals surface area (Å²) in [5.74, 6) is 0.0509. The second-order valence-corrected chi connectivity index (χ2v) is 5.79. The van der Waals surface area contributed by atoms with Crippen molar-refractivity contribution in [3.8, 4) is 0 Å². The standard InChI is InChI=1S/C17H18BrNO/c1-12-5-3-4-6-14(12)7-10-17(20)19-15-8-9-16(18)13(2)11-15/h3-6,8-9,11H,7,10H2,1-2H3,(H,19,20). The highest BCUT2D eigenvalue weighted by Crippen LogP contribution is 2.20. The summed E-state index contributed by atoms with van der Waals surface area (Å²) in [5.41, 5.74) is 4.43. The van der Waals surface area contributed by atoms with Crippen molar-refractivity contribution < 1.29 is 4.79 Å². The number of aryl methyl sites for hydroxylation is 3. The largest absolute Gasteiger partial charge is 0.326 e. The van der Waals surface area contributed by atoms with Crippen LogP contribution in [0.2, 0.25) is 0 Å². The molecule has 1 N–H and O–H groups in total. The molecule has 2 aromatic carbocycles. The van der Waals surface area contributed by atoms with Crippen LogP contribution in [0, 0.1) is 13.8 Å². The summed E-state index contributed by atoms with van der Waals surface area (Å²) in [7, 11) is 0. The molecule has 0 radical (unpaired) electrons. The third-order valence-corrected chi connectivity index (χ3v) is 4.21. The minimum absolute atomic E-state index is 0.0509. The van der Waals surface area contributed by atoms with E-state index in [0.717, 1.165) is 22.1 Å². The van der Waals surface area contributed by atoms with Gasteiger partial charge in [0.1, 0.15) is 0 Å². The number of anilines is 1. The molecule has 3 heteroatoms. The Morgan fingerprint density at radius 3 is 2.55 bits per heavy atom. The van der Waals surface area contributed by atoms with Crippen LogP contribution in [0.3, 0.4) is 0 Å². The molecular formula is C17H18BrNO. The summed E-state index contributed by atoms with van der Waals surface area (Å²) in [6.07, 6.45) is 1.27. The van der Waals surface area contributed by atoms with E-state index in [-0.39, 0.29) is 5.91 Å². The molecule has 2 rings (SSSR count). The van der Waals surface area contributed by atoms with Gasteiger partial charge in [-0.3, -0.25) is 4.79 Å². The number of rotatable bonds is 4. The SMILES string of the molecule is Cc1cc(NC(=O)CCc2ccccc2C)ccc1Br. The van der Waals surface area contributed by atoms with E-state index in [1.165, 1.54) is 11.1 Å². The number of carbonyl (C=O) groups excluding carboxylic acids is 1. The summed E-state index contributed by atoms with van der Waals surface area (Å²) < 4.78 is 1.05. The van der Waals surface area contributed by atoms with Gasteiger partial charge in [0.25, 0.3) is 0 Å². The summed E-state index contributed by atoms with van der Waals surface area (Å²) >= 11 is 3.45. The molecule has 0 bridgehead atoms. The van der Waals surface area contributed by atoms with Crippen LogP contribution in [-0.2, 0) is 11.2 Å². The number of carbonyl (C=O) groups is 1. The fourth-order valence-corrected chi connectivity index (χ4v) is 2.33. The van der Waals surface area contributed by atoms with Gasteiger partial charge in [0.05, 0.1) is 0 Å². The lowest BCUT2D eigenvalue weighted by atomic mass is 10.0. The molecule has 104 valence electrons. The summed E-state index contributed by atoms with van der Waals surface area (Å²) in [6, 6.07) is 14.0. The Labute approximate surface area is 128 Å². The summed E-state index contributed by atoms with van der Waals surface area (Å²) in [6.45, 7) is 4.08. The van der Waals surface area contributed by atoms with Gasteiger partial charge in [0.2, 0.25) is 5.91 Å². The minimum Gasteiger partial charge on any atom is -0.326 e. The number of amides is 1. The number of hydrogen-bond acceptors (Lipinski definition) is 1. The molecule has 0 saturated heterocycles. The first kappa shape index (κ1) is 14.8. The Balaban J connectivity index is 1.93. The molecule has 0 aromatic heterocycles. The Morgan fingerprint density at radius 1 is 1.10 bits per heavy atom. The molecule has 0 atom stereocenters. The van der Waals surface area contributed by atoms with E-state index >= 15 is 0 Å². The maximum absolute atomic E-state index is 12.0. The van der Waals surface area contributed by atoms with Gasteiger partial charge < -0.3 is 5.32 Å². The van der Waals surface area contributed by atoms with E-state index < -0.39 is 0 Å². The van der Waals surface area contributed by atoms with Crippen LogP contribution >= 0.6 is 15.9 Å². The average Bonchev–Trinajstić information content (AvgIpc) is 2.42. The second kappa shape index (κ2) is 6.71. The lowest BCUT2D eigenvalue weighted by Gasteiger charge is -2.08. The van der Waals surface area contributed by atoms with E-state index in [2.05, 4.69) is 40.3 Å². The van der Waals surface area contributed by atoms with Gasteiger partial charge in [0.15, 0.2) is 0 Å². The van der Waals surface area contributed by atoms with Gasteiger partial charge in [-0.25, -0.2) is 0 Å². The van der Waals surface area contributed by atoms with Crippen LogP contribution in [0.5, 0.6) is 0 Å². The molecule has 0 aliphatic heterocycles. The number of hydrogen-bond donors (Lipinski definition) is 1. The maximum Gasteiger partial charge on any atom is 0.224 e. The fourth-order valence-electron chi connectivity index (χ4n) is 2.08. The molecule has 0 unspecified atom stereocenters. The van der Waals surface area contributed by atoms with Gasteiger partial charge in [-0.2, -0.15) is 0 Å². The van der Waals surface area contributed by atoms with Crippen LogP contribution in [0.1, 0.15) is 23.1 Å². The molecule has 20 heavy (non-hydrogen) atoms. The van der Waals surface area contributed by atoms with Gasteiger partial charge in [-0.1, -0.05) is 40.2 Å². The average molecular weight is 332 g/mol. The van der Waals surface area contributed by atoms with Gasteiger partial charge in [0, 0.05) is 16.6 Å². The zero-order valence-electron chi connectivity index (χ0n) is 11.7. The molecule has 0 heterocycles.